The maximum absolute atomic E-state index is 12.4. The average Bonchev–Trinajstić information content (AvgIpc) is 3.15. The van der Waals surface area contributed by atoms with Gasteiger partial charge in [-0.15, -0.1) is 11.3 Å². The summed E-state index contributed by atoms with van der Waals surface area (Å²) in [5.74, 6) is 0.137. The molecule has 1 aliphatic rings. The maximum Gasteiger partial charge on any atom is 0.274 e. The fourth-order valence-electron chi connectivity index (χ4n) is 2.72. The van der Waals surface area contributed by atoms with Crippen molar-refractivity contribution in [2.45, 2.75) is 12.8 Å². The van der Waals surface area contributed by atoms with Gasteiger partial charge >= 0.3 is 0 Å². The molecule has 1 saturated heterocycles. The number of thiophene rings is 1. The Morgan fingerprint density at radius 3 is 3.04 bits per heavy atom. The van der Waals surface area contributed by atoms with Crippen LogP contribution in [0.5, 0.6) is 0 Å². The van der Waals surface area contributed by atoms with Gasteiger partial charge in [-0.2, -0.15) is 0 Å². The fourth-order valence-corrected chi connectivity index (χ4v) is 3.36. The number of carbonyl (C=O) groups is 2. The molecule has 1 fully saturated rings. The number of rotatable bonds is 4. The summed E-state index contributed by atoms with van der Waals surface area (Å²) in [6.45, 7) is 1.95. The van der Waals surface area contributed by atoms with Gasteiger partial charge in [0.05, 0.1) is 11.1 Å². The highest BCUT2D eigenvalue weighted by Crippen LogP contribution is 2.18. The van der Waals surface area contributed by atoms with E-state index in [9.17, 15) is 9.59 Å². The highest BCUT2D eigenvalue weighted by molar-refractivity contribution is 7.12. The summed E-state index contributed by atoms with van der Waals surface area (Å²) in [5, 5.41) is 4.85. The van der Waals surface area contributed by atoms with E-state index in [2.05, 4.69) is 15.3 Å². The zero-order chi connectivity index (χ0) is 16.1. The van der Waals surface area contributed by atoms with Crippen molar-refractivity contribution in [2.24, 2.45) is 5.92 Å². The zero-order valence-corrected chi connectivity index (χ0v) is 13.5. The second kappa shape index (κ2) is 7.32. The fraction of sp³-hybridized carbons (Fsp3) is 0.375. The van der Waals surface area contributed by atoms with Crippen LogP contribution in [0.2, 0.25) is 0 Å². The first-order valence-electron chi connectivity index (χ1n) is 7.61. The molecule has 0 radical (unpaired) electrons. The van der Waals surface area contributed by atoms with Crippen molar-refractivity contribution in [3.8, 4) is 0 Å². The van der Waals surface area contributed by atoms with E-state index in [-0.39, 0.29) is 17.7 Å². The molecule has 0 aliphatic carbocycles. The van der Waals surface area contributed by atoms with E-state index in [0.29, 0.717) is 23.7 Å². The first-order chi connectivity index (χ1) is 11.2. The Kier molecular flexibility index (Phi) is 4.97. The van der Waals surface area contributed by atoms with Crippen molar-refractivity contribution < 1.29 is 9.59 Å². The van der Waals surface area contributed by atoms with E-state index in [4.69, 9.17) is 0 Å². The molecule has 3 heterocycles. The first kappa shape index (κ1) is 15.6. The summed E-state index contributed by atoms with van der Waals surface area (Å²) >= 11 is 1.43. The smallest absolute Gasteiger partial charge is 0.274 e. The van der Waals surface area contributed by atoms with Crippen molar-refractivity contribution in [3.63, 3.8) is 0 Å². The Hall–Kier alpha value is -2.28. The number of piperidine rings is 1. The number of aromatic nitrogens is 2. The van der Waals surface area contributed by atoms with E-state index in [1.54, 1.807) is 11.1 Å². The third-order valence-electron chi connectivity index (χ3n) is 3.88. The minimum Gasteiger partial charge on any atom is -0.351 e. The predicted molar refractivity (Wildman–Crippen MR) is 87.3 cm³/mol. The molecule has 120 valence electrons. The Morgan fingerprint density at radius 1 is 1.39 bits per heavy atom. The van der Waals surface area contributed by atoms with Crippen molar-refractivity contribution in [3.05, 3.63) is 46.7 Å². The van der Waals surface area contributed by atoms with Crippen LogP contribution < -0.4 is 5.32 Å². The first-order valence-corrected chi connectivity index (χ1v) is 8.49. The number of carbonyl (C=O) groups excluding carboxylic acids is 2. The molecule has 6 nitrogen and oxygen atoms in total. The lowest BCUT2D eigenvalue weighted by Crippen LogP contribution is -2.43. The molecular weight excluding hydrogens is 312 g/mol. The normalized spacial score (nSPS) is 17.7. The van der Waals surface area contributed by atoms with Crippen LogP contribution in [0.25, 0.3) is 0 Å². The van der Waals surface area contributed by atoms with Crippen LogP contribution in [0.1, 0.15) is 33.0 Å². The lowest BCUT2D eigenvalue weighted by Gasteiger charge is -2.32. The SMILES string of the molecule is O=C(NC[C@H]1CCCN(C(=O)c2cnccn2)C1)c1cccs1. The van der Waals surface area contributed by atoms with E-state index in [1.807, 2.05) is 17.5 Å². The van der Waals surface area contributed by atoms with Crippen LogP contribution in [0, 0.1) is 5.92 Å². The Balaban J connectivity index is 1.54. The largest absolute Gasteiger partial charge is 0.351 e. The van der Waals surface area contributed by atoms with Gasteiger partial charge in [0, 0.05) is 32.0 Å². The number of likely N-dealkylation sites (tertiary alicyclic amines) is 1. The lowest BCUT2D eigenvalue weighted by atomic mass is 9.97. The van der Waals surface area contributed by atoms with Gasteiger partial charge in [-0.25, -0.2) is 4.98 Å². The lowest BCUT2D eigenvalue weighted by molar-refractivity contribution is 0.0664. The number of hydrogen-bond donors (Lipinski definition) is 1. The minimum atomic E-state index is -0.0904. The third kappa shape index (κ3) is 3.92. The summed E-state index contributed by atoms with van der Waals surface area (Å²) in [6, 6.07) is 3.67. The topological polar surface area (TPSA) is 75.2 Å². The monoisotopic (exact) mass is 330 g/mol. The van der Waals surface area contributed by atoms with Gasteiger partial charge in [-0.3, -0.25) is 14.6 Å². The summed E-state index contributed by atoms with van der Waals surface area (Å²) in [4.78, 5) is 34.9. The van der Waals surface area contributed by atoms with E-state index in [0.717, 1.165) is 19.4 Å². The number of hydrogen-bond acceptors (Lipinski definition) is 5. The van der Waals surface area contributed by atoms with Crippen LogP contribution in [0.3, 0.4) is 0 Å². The molecule has 0 spiro atoms. The van der Waals surface area contributed by atoms with Crippen LogP contribution in [0.4, 0.5) is 0 Å². The van der Waals surface area contributed by atoms with Crippen LogP contribution in [-0.4, -0.2) is 46.3 Å². The molecule has 0 saturated carbocycles. The van der Waals surface area contributed by atoms with Crippen molar-refractivity contribution in [1.82, 2.24) is 20.2 Å². The minimum absolute atomic E-state index is 0.0441. The molecule has 1 aliphatic heterocycles. The molecule has 1 atom stereocenters. The molecular formula is C16H18N4O2S. The maximum atomic E-state index is 12.4. The average molecular weight is 330 g/mol. The summed E-state index contributed by atoms with van der Waals surface area (Å²) in [7, 11) is 0. The molecule has 0 aromatic carbocycles. The van der Waals surface area contributed by atoms with Gasteiger partial charge in [-0.1, -0.05) is 6.07 Å². The van der Waals surface area contributed by atoms with E-state index < -0.39 is 0 Å². The van der Waals surface area contributed by atoms with Crippen molar-refractivity contribution in [2.75, 3.05) is 19.6 Å². The number of nitrogens with one attached hydrogen (secondary N) is 1. The Morgan fingerprint density at radius 2 is 2.30 bits per heavy atom. The molecule has 0 bridgehead atoms. The summed E-state index contributed by atoms with van der Waals surface area (Å²) < 4.78 is 0. The van der Waals surface area contributed by atoms with Crippen LogP contribution in [0.15, 0.2) is 36.1 Å². The van der Waals surface area contributed by atoms with Crippen LogP contribution in [-0.2, 0) is 0 Å². The van der Waals surface area contributed by atoms with Gasteiger partial charge in [0.15, 0.2) is 0 Å². The van der Waals surface area contributed by atoms with Gasteiger partial charge in [0.2, 0.25) is 0 Å². The second-order valence-corrected chi connectivity index (χ2v) is 6.49. The quantitative estimate of drug-likeness (QED) is 0.928. The summed E-state index contributed by atoms with van der Waals surface area (Å²) in [6.07, 6.45) is 6.51. The van der Waals surface area contributed by atoms with Gasteiger partial charge < -0.3 is 10.2 Å². The van der Waals surface area contributed by atoms with E-state index in [1.165, 1.54) is 23.7 Å². The standard InChI is InChI=1S/C16H18N4O2S/c21-15(14-4-2-8-23-14)19-9-12-3-1-7-20(11-12)16(22)13-10-17-5-6-18-13/h2,4-6,8,10,12H,1,3,7,9,11H2,(H,19,21)/t12-/m1/s1. The molecule has 23 heavy (non-hydrogen) atoms. The molecule has 2 aromatic heterocycles. The Bertz CT molecular complexity index is 660. The molecule has 7 heteroatoms. The van der Waals surface area contributed by atoms with Gasteiger partial charge in [0.25, 0.3) is 11.8 Å². The zero-order valence-electron chi connectivity index (χ0n) is 12.6. The highest BCUT2D eigenvalue weighted by Gasteiger charge is 2.25. The van der Waals surface area contributed by atoms with E-state index >= 15 is 0 Å². The summed E-state index contributed by atoms with van der Waals surface area (Å²) in [5.41, 5.74) is 0.371. The molecule has 3 rings (SSSR count). The number of amides is 2. The van der Waals surface area contributed by atoms with Crippen LogP contribution >= 0.6 is 11.3 Å². The Labute approximate surface area is 138 Å². The van der Waals surface area contributed by atoms with Gasteiger partial charge in [-0.05, 0) is 30.2 Å². The van der Waals surface area contributed by atoms with Crippen molar-refractivity contribution >= 4 is 23.2 Å². The van der Waals surface area contributed by atoms with Crippen molar-refractivity contribution in [1.29, 1.82) is 0 Å². The predicted octanol–water partition coefficient (Wildman–Crippen LogP) is 1.82. The highest BCUT2D eigenvalue weighted by atomic mass is 32.1. The molecule has 0 unspecified atom stereocenters. The molecule has 1 N–H and O–H groups in total. The molecule has 2 amide bonds. The number of nitrogens with zero attached hydrogens (tertiary/aromatic N) is 3. The third-order valence-corrected chi connectivity index (χ3v) is 4.75. The van der Waals surface area contributed by atoms with Gasteiger partial charge in [0.1, 0.15) is 5.69 Å². The second-order valence-electron chi connectivity index (χ2n) is 5.54. The molecule has 2 aromatic rings.